The molecule has 3 heterocycles. The SMILES string of the molecule is COc1cc2nc(C)nc(NCc3ccc(-c4cc5ccccc5n4C)s3)c2cc1OC. The van der Waals surface area contributed by atoms with Gasteiger partial charge in [-0.25, -0.2) is 9.97 Å². The van der Waals surface area contributed by atoms with E-state index in [4.69, 9.17) is 9.47 Å². The molecule has 0 atom stereocenters. The van der Waals surface area contributed by atoms with Crippen molar-refractivity contribution in [2.45, 2.75) is 13.5 Å². The van der Waals surface area contributed by atoms with Crippen molar-refractivity contribution >= 4 is 39.0 Å². The number of hydrogen-bond donors (Lipinski definition) is 1. The Kier molecular flexibility index (Phi) is 5.19. The highest BCUT2D eigenvalue weighted by atomic mass is 32.1. The van der Waals surface area contributed by atoms with Crippen LogP contribution in [0.1, 0.15) is 10.7 Å². The van der Waals surface area contributed by atoms with Gasteiger partial charge in [-0.1, -0.05) is 18.2 Å². The molecule has 0 aliphatic heterocycles. The molecule has 0 fully saturated rings. The summed E-state index contributed by atoms with van der Waals surface area (Å²) in [5, 5.41) is 5.65. The zero-order valence-corrected chi connectivity index (χ0v) is 19.3. The lowest BCUT2D eigenvalue weighted by Crippen LogP contribution is -2.04. The summed E-state index contributed by atoms with van der Waals surface area (Å²) < 4.78 is 13.1. The van der Waals surface area contributed by atoms with Crippen LogP contribution in [0.25, 0.3) is 32.4 Å². The Hall–Kier alpha value is -3.58. The van der Waals surface area contributed by atoms with E-state index in [0.717, 1.165) is 16.7 Å². The summed E-state index contributed by atoms with van der Waals surface area (Å²) in [6, 6.07) is 18.9. The number of anilines is 1. The average molecular weight is 445 g/mol. The molecule has 5 aromatic rings. The maximum atomic E-state index is 5.47. The molecular weight excluding hydrogens is 420 g/mol. The summed E-state index contributed by atoms with van der Waals surface area (Å²) in [5.74, 6) is 2.80. The Labute approximate surface area is 190 Å². The van der Waals surface area contributed by atoms with Gasteiger partial charge in [0.05, 0.1) is 36.9 Å². The molecule has 0 aliphatic rings. The van der Waals surface area contributed by atoms with Crippen molar-refractivity contribution in [1.29, 1.82) is 0 Å². The van der Waals surface area contributed by atoms with E-state index in [9.17, 15) is 0 Å². The topological polar surface area (TPSA) is 61.2 Å². The highest BCUT2D eigenvalue weighted by Gasteiger charge is 2.14. The predicted molar refractivity (Wildman–Crippen MR) is 131 cm³/mol. The number of benzene rings is 2. The molecule has 1 N–H and O–H groups in total. The Morgan fingerprint density at radius 1 is 0.969 bits per heavy atom. The number of nitrogens with one attached hydrogen (secondary N) is 1. The third kappa shape index (κ3) is 3.54. The second-order valence-corrected chi connectivity index (χ2v) is 8.78. The molecule has 6 nitrogen and oxygen atoms in total. The summed E-state index contributed by atoms with van der Waals surface area (Å²) in [7, 11) is 5.37. The van der Waals surface area contributed by atoms with Gasteiger partial charge in [0.25, 0.3) is 0 Å². The Morgan fingerprint density at radius 2 is 1.75 bits per heavy atom. The van der Waals surface area contributed by atoms with Gasteiger partial charge in [0.2, 0.25) is 0 Å². The minimum atomic E-state index is 0.655. The van der Waals surface area contributed by atoms with Crippen LogP contribution in [0.3, 0.4) is 0 Å². The van der Waals surface area contributed by atoms with E-state index in [1.165, 1.54) is 26.4 Å². The van der Waals surface area contributed by atoms with Gasteiger partial charge >= 0.3 is 0 Å². The van der Waals surface area contributed by atoms with Crippen LogP contribution in [0.15, 0.2) is 54.6 Å². The Bertz CT molecular complexity index is 1440. The van der Waals surface area contributed by atoms with Crippen LogP contribution in [-0.4, -0.2) is 28.8 Å². The van der Waals surface area contributed by atoms with Gasteiger partial charge in [0.1, 0.15) is 11.6 Å². The zero-order chi connectivity index (χ0) is 22.2. The number of hydrogen-bond acceptors (Lipinski definition) is 6. The third-order valence-electron chi connectivity index (χ3n) is 5.61. The lowest BCUT2D eigenvalue weighted by molar-refractivity contribution is 0.356. The minimum absolute atomic E-state index is 0.655. The van der Waals surface area contributed by atoms with Gasteiger partial charge in [-0.15, -0.1) is 11.3 Å². The standard InChI is InChI=1S/C25H24N4O2S/c1-15-27-19-13-23(31-4)22(30-3)12-18(19)25(28-15)26-14-17-9-10-24(32-17)21-11-16-7-5-6-8-20(16)29(21)2/h5-13H,14H2,1-4H3,(H,26,27,28). The van der Waals surface area contributed by atoms with E-state index < -0.39 is 0 Å². The summed E-state index contributed by atoms with van der Waals surface area (Å²) >= 11 is 1.79. The van der Waals surface area contributed by atoms with Crippen molar-refractivity contribution in [2.75, 3.05) is 19.5 Å². The van der Waals surface area contributed by atoms with Crippen LogP contribution in [0.4, 0.5) is 5.82 Å². The molecule has 0 saturated heterocycles. The molecule has 0 bridgehead atoms. The number of aryl methyl sites for hydroxylation is 2. The second kappa shape index (κ2) is 8.16. The van der Waals surface area contributed by atoms with Crippen LogP contribution >= 0.6 is 11.3 Å². The molecule has 5 rings (SSSR count). The van der Waals surface area contributed by atoms with Crippen molar-refractivity contribution in [3.63, 3.8) is 0 Å². The van der Waals surface area contributed by atoms with E-state index >= 15 is 0 Å². The van der Waals surface area contributed by atoms with Crippen LogP contribution < -0.4 is 14.8 Å². The monoisotopic (exact) mass is 444 g/mol. The molecule has 0 amide bonds. The van der Waals surface area contributed by atoms with Gasteiger partial charge in [-0.3, -0.25) is 0 Å². The molecular formula is C25H24N4O2S. The molecule has 32 heavy (non-hydrogen) atoms. The number of fused-ring (bicyclic) bond motifs is 2. The van der Waals surface area contributed by atoms with E-state index in [2.05, 4.69) is 69.4 Å². The van der Waals surface area contributed by atoms with E-state index in [1.807, 2.05) is 19.1 Å². The molecule has 0 saturated carbocycles. The highest BCUT2D eigenvalue weighted by Crippen LogP contribution is 2.35. The van der Waals surface area contributed by atoms with E-state index in [-0.39, 0.29) is 0 Å². The number of aromatic nitrogens is 3. The van der Waals surface area contributed by atoms with Gasteiger partial charge in [-0.05, 0) is 37.3 Å². The lowest BCUT2D eigenvalue weighted by Gasteiger charge is -2.12. The summed E-state index contributed by atoms with van der Waals surface area (Å²) in [4.78, 5) is 11.7. The molecule has 0 spiro atoms. The fourth-order valence-corrected chi connectivity index (χ4v) is 5.01. The lowest BCUT2D eigenvalue weighted by atomic mass is 10.2. The molecule has 0 aliphatic carbocycles. The van der Waals surface area contributed by atoms with E-state index in [1.54, 1.807) is 25.6 Å². The first-order valence-electron chi connectivity index (χ1n) is 10.3. The average Bonchev–Trinajstić information content (AvgIpc) is 3.41. The normalized spacial score (nSPS) is 11.2. The van der Waals surface area contributed by atoms with Crippen molar-refractivity contribution in [2.24, 2.45) is 7.05 Å². The Morgan fingerprint density at radius 3 is 2.53 bits per heavy atom. The van der Waals surface area contributed by atoms with E-state index in [0.29, 0.717) is 23.9 Å². The van der Waals surface area contributed by atoms with Crippen molar-refractivity contribution in [3.05, 3.63) is 65.3 Å². The van der Waals surface area contributed by atoms with Crippen LogP contribution in [-0.2, 0) is 13.6 Å². The van der Waals surface area contributed by atoms with Crippen molar-refractivity contribution in [3.8, 4) is 22.1 Å². The zero-order valence-electron chi connectivity index (χ0n) is 18.5. The molecule has 2 aromatic carbocycles. The van der Waals surface area contributed by atoms with Gasteiger partial charge in [0.15, 0.2) is 11.5 Å². The number of nitrogens with zero attached hydrogens (tertiary/aromatic N) is 3. The second-order valence-electron chi connectivity index (χ2n) is 7.61. The van der Waals surface area contributed by atoms with Gasteiger partial charge in [0, 0.05) is 34.3 Å². The van der Waals surface area contributed by atoms with Crippen molar-refractivity contribution in [1.82, 2.24) is 14.5 Å². The molecule has 162 valence electrons. The number of thiophene rings is 1. The number of para-hydroxylation sites is 1. The molecule has 0 unspecified atom stereocenters. The fraction of sp³-hybridized carbons (Fsp3) is 0.200. The first kappa shape index (κ1) is 20.3. The summed E-state index contributed by atoms with van der Waals surface area (Å²) in [5.41, 5.74) is 3.28. The maximum Gasteiger partial charge on any atom is 0.162 e. The van der Waals surface area contributed by atoms with Crippen LogP contribution in [0.5, 0.6) is 11.5 Å². The molecule has 7 heteroatoms. The smallest absolute Gasteiger partial charge is 0.162 e. The summed E-state index contributed by atoms with van der Waals surface area (Å²) in [6.45, 7) is 2.57. The quantitative estimate of drug-likeness (QED) is 0.359. The first-order chi connectivity index (χ1) is 15.6. The fourth-order valence-electron chi connectivity index (χ4n) is 4.01. The van der Waals surface area contributed by atoms with Gasteiger partial charge in [-0.2, -0.15) is 0 Å². The first-order valence-corrected chi connectivity index (χ1v) is 11.2. The van der Waals surface area contributed by atoms with Crippen LogP contribution in [0, 0.1) is 6.92 Å². The van der Waals surface area contributed by atoms with Crippen LogP contribution in [0.2, 0.25) is 0 Å². The van der Waals surface area contributed by atoms with Crippen molar-refractivity contribution < 1.29 is 9.47 Å². The number of ether oxygens (including phenoxy) is 2. The van der Waals surface area contributed by atoms with Gasteiger partial charge < -0.3 is 19.4 Å². The predicted octanol–water partition coefficient (Wildman–Crippen LogP) is 5.79. The number of methoxy groups -OCH3 is 2. The minimum Gasteiger partial charge on any atom is -0.493 e. The highest BCUT2D eigenvalue weighted by molar-refractivity contribution is 7.15. The Balaban J connectivity index is 1.44. The maximum absolute atomic E-state index is 5.47. The molecule has 3 aromatic heterocycles. The summed E-state index contributed by atoms with van der Waals surface area (Å²) in [6.07, 6.45) is 0. The molecule has 0 radical (unpaired) electrons. The third-order valence-corrected chi connectivity index (χ3v) is 6.72. The largest absolute Gasteiger partial charge is 0.493 e. The number of rotatable bonds is 6.